The van der Waals surface area contributed by atoms with Gasteiger partial charge in [-0.15, -0.1) is 0 Å². The summed E-state index contributed by atoms with van der Waals surface area (Å²) >= 11 is 0. The molecule has 2 aliphatic heterocycles. The molecule has 2 nitrogen and oxygen atoms in total. The van der Waals surface area contributed by atoms with Gasteiger partial charge in [0.05, 0.1) is 18.1 Å². The van der Waals surface area contributed by atoms with Crippen LogP contribution in [-0.4, -0.2) is 23.0 Å². The zero-order valence-corrected chi connectivity index (χ0v) is 32.9. The Morgan fingerprint density at radius 3 is 2.36 bits per heavy atom. The van der Waals surface area contributed by atoms with Gasteiger partial charge in [0.15, 0.2) is 0 Å². The quantitative estimate of drug-likeness (QED) is 0.269. The van der Waals surface area contributed by atoms with E-state index in [0.717, 1.165) is 38.0 Å². The summed E-state index contributed by atoms with van der Waals surface area (Å²) in [6, 6.07) is 8.55. The molecule has 8 aliphatic carbocycles. The van der Waals surface area contributed by atoms with Crippen molar-refractivity contribution in [3.8, 4) is 0 Å². The molecule has 10 aliphatic rings. The van der Waals surface area contributed by atoms with Crippen molar-refractivity contribution < 1.29 is 0 Å². The summed E-state index contributed by atoms with van der Waals surface area (Å²) in [5, 5.41) is 0. The fourth-order valence-electron chi connectivity index (χ4n) is 11.9. The molecule has 8 atom stereocenters. The predicted octanol–water partition coefficient (Wildman–Crippen LogP) is 13.0. The topological polar surface area (TPSA) is 6.48 Å². The Balaban J connectivity index is 0.927. The van der Waals surface area contributed by atoms with Crippen molar-refractivity contribution in [2.45, 2.75) is 101 Å². The number of nitrogens with zero attached hydrogens (tertiary/aromatic N) is 2. The lowest BCUT2D eigenvalue weighted by Gasteiger charge is -2.37. The van der Waals surface area contributed by atoms with Crippen LogP contribution in [0.3, 0.4) is 0 Å². The van der Waals surface area contributed by atoms with Gasteiger partial charge < -0.3 is 9.80 Å². The predicted molar refractivity (Wildman–Crippen MR) is 235 cm³/mol. The van der Waals surface area contributed by atoms with Crippen molar-refractivity contribution in [1.29, 1.82) is 0 Å². The Labute approximate surface area is 335 Å². The number of hydrogen-bond acceptors (Lipinski definition) is 2. The van der Waals surface area contributed by atoms with E-state index >= 15 is 0 Å². The summed E-state index contributed by atoms with van der Waals surface area (Å²) in [6.45, 7) is 0. The van der Waals surface area contributed by atoms with Gasteiger partial charge in [0.25, 0.3) is 0 Å². The van der Waals surface area contributed by atoms with Gasteiger partial charge in [0.1, 0.15) is 0 Å². The normalized spacial score (nSPS) is 33.8. The first kappa shape index (κ1) is 34.4. The highest BCUT2D eigenvalue weighted by atomic mass is 15.2. The Morgan fingerprint density at radius 1 is 0.607 bits per heavy atom. The van der Waals surface area contributed by atoms with Crippen LogP contribution in [0.4, 0.5) is 5.69 Å². The van der Waals surface area contributed by atoms with Gasteiger partial charge in [-0.3, -0.25) is 0 Å². The van der Waals surface area contributed by atoms with Crippen molar-refractivity contribution in [3.05, 3.63) is 191 Å². The molecule has 282 valence electrons. The van der Waals surface area contributed by atoms with Gasteiger partial charge >= 0.3 is 0 Å². The molecule has 1 fully saturated rings. The molecule has 2 heterocycles. The van der Waals surface area contributed by atoms with Crippen LogP contribution in [0.2, 0.25) is 0 Å². The molecule has 8 unspecified atom stereocenters. The van der Waals surface area contributed by atoms with Crippen molar-refractivity contribution >= 4 is 11.3 Å². The van der Waals surface area contributed by atoms with E-state index in [9.17, 15) is 0 Å². The minimum absolute atomic E-state index is 0.290. The molecule has 1 aromatic rings. The van der Waals surface area contributed by atoms with Gasteiger partial charge in [0.2, 0.25) is 0 Å². The molecule has 0 radical (unpaired) electrons. The van der Waals surface area contributed by atoms with Gasteiger partial charge in [0, 0.05) is 40.8 Å². The zero-order valence-electron chi connectivity index (χ0n) is 32.9. The summed E-state index contributed by atoms with van der Waals surface area (Å²) in [5.41, 5.74) is 14.9. The highest BCUT2D eigenvalue weighted by molar-refractivity contribution is 5.74. The molecule has 2 heteroatoms. The maximum atomic E-state index is 2.79. The number of hydrogen-bond donors (Lipinski definition) is 0. The molecular formula is C54H56N2. The number of allylic oxidation sites excluding steroid dienone is 21. The first-order valence-electron chi connectivity index (χ1n) is 22.1. The van der Waals surface area contributed by atoms with Gasteiger partial charge in [-0.05, 0) is 129 Å². The molecule has 56 heavy (non-hydrogen) atoms. The second-order valence-corrected chi connectivity index (χ2v) is 17.8. The molecule has 0 bridgehead atoms. The summed E-state index contributed by atoms with van der Waals surface area (Å²) in [6.07, 6.45) is 65.8. The fraction of sp³-hybridized carbons (Fsp3) is 0.370. The van der Waals surface area contributed by atoms with Crippen molar-refractivity contribution in [2.24, 2.45) is 23.7 Å². The van der Waals surface area contributed by atoms with Crippen LogP contribution in [0, 0.1) is 23.7 Å². The lowest BCUT2D eigenvalue weighted by molar-refractivity contribution is 0.323. The van der Waals surface area contributed by atoms with Crippen molar-refractivity contribution in [1.82, 2.24) is 4.90 Å². The standard InChI is InChI=1S/C54H56N2/c1-4-14-37(15-5-1)40-24-28-45(29-25-40)55-52-23-13-11-21-48(52)50-35-41(27-31-53(50)55)42-26-30-49-47-20-10-12-22-51(47)56(54(49)36-42)46-33-43(38-16-6-2-7-17-38)32-44(34-46)39-18-8-3-9-19-39/h2-3,6-8,10-12,14,16,18,20-22,26-28,30-36,38,40,47,49-51,53-54H,1,4-5,9,13,15,17,19,23-25,29H2. The fourth-order valence-corrected chi connectivity index (χ4v) is 11.9. The van der Waals surface area contributed by atoms with Crippen molar-refractivity contribution in [2.75, 3.05) is 4.90 Å². The summed E-state index contributed by atoms with van der Waals surface area (Å²) in [5.74, 6) is 2.48. The van der Waals surface area contributed by atoms with E-state index in [1.165, 1.54) is 78.5 Å². The van der Waals surface area contributed by atoms with Crippen LogP contribution in [0.1, 0.15) is 94.1 Å². The summed E-state index contributed by atoms with van der Waals surface area (Å²) in [7, 11) is 0. The van der Waals surface area contributed by atoms with Crippen LogP contribution < -0.4 is 4.90 Å². The van der Waals surface area contributed by atoms with E-state index in [0.29, 0.717) is 41.8 Å². The third-order valence-electron chi connectivity index (χ3n) is 14.7. The van der Waals surface area contributed by atoms with E-state index in [1.807, 2.05) is 0 Å². The highest BCUT2D eigenvalue weighted by Gasteiger charge is 2.47. The molecule has 0 N–H and O–H groups in total. The highest BCUT2D eigenvalue weighted by Crippen LogP contribution is 2.50. The van der Waals surface area contributed by atoms with E-state index in [2.05, 4.69) is 156 Å². The molecule has 1 saturated heterocycles. The number of anilines is 1. The molecule has 0 amide bonds. The second kappa shape index (κ2) is 14.6. The third-order valence-corrected chi connectivity index (χ3v) is 14.7. The average Bonchev–Trinajstić information content (AvgIpc) is 3.79. The Bertz CT molecular complexity index is 2230. The first-order chi connectivity index (χ1) is 27.8. The van der Waals surface area contributed by atoms with E-state index in [1.54, 1.807) is 22.5 Å². The number of fused-ring (bicyclic) bond motifs is 5. The molecule has 0 saturated carbocycles. The molecular weight excluding hydrogens is 677 g/mol. The van der Waals surface area contributed by atoms with E-state index in [4.69, 9.17) is 0 Å². The minimum atomic E-state index is 0.290. The van der Waals surface area contributed by atoms with Crippen molar-refractivity contribution in [3.63, 3.8) is 0 Å². The van der Waals surface area contributed by atoms with Gasteiger partial charge in [-0.1, -0.05) is 139 Å². The largest absolute Gasteiger partial charge is 0.357 e. The lowest BCUT2D eigenvalue weighted by atomic mass is 9.79. The Kier molecular flexibility index (Phi) is 8.98. The first-order valence-corrected chi connectivity index (χ1v) is 22.1. The lowest BCUT2D eigenvalue weighted by Crippen LogP contribution is -2.37. The maximum Gasteiger partial charge on any atom is 0.0623 e. The maximum absolute atomic E-state index is 2.79. The molecule has 1 aromatic carbocycles. The van der Waals surface area contributed by atoms with Gasteiger partial charge in [-0.2, -0.15) is 0 Å². The summed E-state index contributed by atoms with van der Waals surface area (Å²) < 4.78 is 0. The average molecular weight is 733 g/mol. The SMILES string of the molecule is C1=CCCC(c2cc(C3C=CC=CC3)cc(N3C4C=CC=CC4C4C=CC(C5=CC6C7=C(CCC=C7)N(C7=CCC(C8=CCCCC8)CC7)C6C=C5)=CC43)c2)=C1. The third kappa shape index (κ3) is 6.07. The van der Waals surface area contributed by atoms with Crippen LogP contribution in [0.5, 0.6) is 0 Å². The van der Waals surface area contributed by atoms with Crippen LogP contribution >= 0.6 is 0 Å². The molecule has 0 spiro atoms. The number of benzene rings is 1. The van der Waals surface area contributed by atoms with Crippen LogP contribution in [0.25, 0.3) is 5.57 Å². The van der Waals surface area contributed by atoms with Gasteiger partial charge in [-0.25, -0.2) is 0 Å². The second-order valence-electron chi connectivity index (χ2n) is 17.8. The van der Waals surface area contributed by atoms with Crippen LogP contribution in [0.15, 0.2) is 179 Å². The van der Waals surface area contributed by atoms with Crippen LogP contribution in [-0.2, 0) is 0 Å². The molecule has 0 aromatic heterocycles. The number of rotatable bonds is 6. The summed E-state index contributed by atoms with van der Waals surface area (Å²) in [4.78, 5) is 5.58. The minimum Gasteiger partial charge on any atom is -0.357 e. The van der Waals surface area contributed by atoms with E-state index < -0.39 is 0 Å². The molecule has 11 rings (SSSR count). The Hall–Kier alpha value is -4.82. The Morgan fingerprint density at radius 2 is 1.50 bits per heavy atom. The monoisotopic (exact) mass is 732 g/mol. The van der Waals surface area contributed by atoms with E-state index in [-0.39, 0.29) is 0 Å². The zero-order chi connectivity index (χ0) is 37.0. The smallest absolute Gasteiger partial charge is 0.0623 e.